The number of fused-ring (bicyclic) bond motifs is 1. The monoisotopic (exact) mass is 515 g/mol. The van der Waals surface area contributed by atoms with Gasteiger partial charge in [-0.15, -0.1) is 0 Å². The van der Waals surface area contributed by atoms with Crippen molar-refractivity contribution in [2.75, 3.05) is 5.32 Å². The van der Waals surface area contributed by atoms with Gasteiger partial charge in [-0.2, -0.15) is 0 Å². The summed E-state index contributed by atoms with van der Waals surface area (Å²) in [6.07, 6.45) is 2.95. The summed E-state index contributed by atoms with van der Waals surface area (Å²) in [5.41, 5.74) is 3.44. The van der Waals surface area contributed by atoms with Gasteiger partial charge in [0.05, 0.1) is 15.6 Å². The van der Waals surface area contributed by atoms with E-state index in [4.69, 9.17) is 32.0 Å². The molecule has 2 heterocycles. The Morgan fingerprint density at radius 2 is 1.69 bits per heavy atom. The Labute approximate surface area is 216 Å². The Morgan fingerprint density at radius 3 is 2.53 bits per heavy atom. The Morgan fingerprint density at radius 1 is 0.861 bits per heavy atom. The van der Waals surface area contributed by atoms with Crippen LogP contribution >= 0.6 is 23.2 Å². The van der Waals surface area contributed by atoms with E-state index in [1.807, 2.05) is 37.3 Å². The summed E-state index contributed by atoms with van der Waals surface area (Å²) in [6.45, 7) is 1.88. The Kier molecular flexibility index (Phi) is 6.51. The van der Waals surface area contributed by atoms with E-state index < -0.39 is 5.63 Å². The van der Waals surface area contributed by atoms with Gasteiger partial charge in [0.15, 0.2) is 0 Å². The van der Waals surface area contributed by atoms with E-state index in [2.05, 4.69) is 5.32 Å². The van der Waals surface area contributed by atoms with Gasteiger partial charge in [0.1, 0.15) is 17.1 Å². The van der Waals surface area contributed by atoms with Gasteiger partial charge < -0.3 is 14.2 Å². The first-order valence-electron chi connectivity index (χ1n) is 11.1. The molecule has 1 N–H and O–H groups in total. The van der Waals surface area contributed by atoms with Crippen LogP contribution in [0.25, 0.3) is 39.5 Å². The lowest BCUT2D eigenvalue weighted by atomic mass is 10.0. The fourth-order valence-electron chi connectivity index (χ4n) is 3.92. The molecule has 178 valence electrons. The summed E-state index contributed by atoms with van der Waals surface area (Å²) in [5, 5.41) is 4.50. The van der Waals surface area contributed by atoms with Gasteiger partial charge >= 0.3 is 5.63 Å². The highest BCUT2D eigenvalue weighted by Crippen LogP contribution is 2.34. The van der Waals surface area contributed by atoms with Gasteiger partial charge in [0.2, 0.25) is 5.91 Å². The fraction of sp³-hybridized carbons (Fsp3) is 0.0345. The third-order valence-electron chi connectivity index (χ3n) is 5.67. The van der Waals surface area contributed by atoms with Crippen LogP contribution in [0, 0.1) is 6.92 Å². The highest BCUT2D eigenvalue weighted by atomic mass is 35.5. The lowest BCUT2D eigenvalue weighted by molar-refractivity contribution is -0.111. The average Bonchev–Trinajstić information content (AvgIpc) is 3.33. The van der Waals surface area contributed by atoms with Crippen LogP contribution in [0.15, 0.2) is 98.6 Å². The van der Waals surface area contributed by atoms with Crippen LogP contribution in [0.4, 0.5) is 5.69 Å². The van der Waals surface area contributed by atoms with Crippen LogP contribution in [0.5, 0.6) is 0 Å². The fourth-order valence-corrected chi connectivity index (χ4v) is 4.31. The summed E-state index contributed by atoms with van der Waals surface area (Å²) in [5.74, 6) is 0.712. The zero-order valence-electron chi connectivity index (χ0n) is 19.0. The van der Waals surface area contributed by atoms with Crippen LogP contribution in [-0.2, 0) is 4.79 Å². The summed E-state index contributed by atoms with van der Waals surface area (Å²) in [6, 6.07) is 23.3. The minimum Gasteiger partial charge on any atom is -0.457 e. The maximum Gasteiger partial charge on any atom is 0.344 e. The van der Waals surface area contributed by atoms with Gasteiger partial charge in [0.25, 0.3) is 0 Å². The van der Waals surface area contributed by atoms with E-state index in [-0.39, 0.29) is 5.91 Å². The molecular weight excluding hydrogens is 497 g/mol. The quantitative estimate of drug-likeness (QED) is 0.190. The average molecular weight is 516 g/mol. The number of aryl methyl sites for hydroxylation is 1. The molecule has 3 aromatic carbocycles. The highest BCUT2D eigenvalue weighted by Gasteiger charge is 2.12. The van der Waals surface area contributed by atoms with Crippen molar-refractivity contribution in [3.8, 4) is 22.5 Å². The molecule has 0 bridgehead atoms. The molecule has 0 aliphatic carbocycles. The number of hydrogen-bond donors (Lipinski definition) is 1. The normalized spacial score (nSPS) is 11.3. The number of anilines is 1. The molecule has 0 radical (unpaired) electrons. The summed E-state index contributed by atoms with van der Waals surface area (Å²) in [7, 11) is 0. The SMILES string of the molecule is Cc1cc(NC(=O)C=Cc2ccc(-c3cccc(Cl)c3Cl)o2)ccc1-c1cc2ccccc2oc1=O. The number of carbonyl (C=O) groups excluding carboxylic acids is 1. The lowest BCUT2D eigenvalue weighted by Gasteiger charge is -2.09. The molecule has 0 fully saturated rings. The number of furan rings is 1. The summed E-state index contributed by atoms with van der Waals surface area (Å²) in [4.78, 5) is 25.0. The van der Waals surface area contributed by atoms with Gasteiger partial charge in [0, 0.05) is 22.7 Å². The predicted octanol–water partition coefficient (Wildman–Crippen LogP) is 7.99. The highest BCUT2D eigenvalue weighted by molar-refractivity contribution is 6.43. The minimum atomic E-state index is -0.409. The maximum atomic E-state index is 12.5. The number of halogens is 2. The first-order valence-corrected chi connectivity index (χ1v) is 11.8. The number of hydrogen-bond acceptors (Lipinski definition) is 4. The standard InChI is InChI=1S/C29H19Cl2NO4/c1-17-15-19(9-12-21(17)23-16-18-5-2-3-8-25(18)36-29(23)34)32-27(33)14-11-20-10-13-26(35-20)22-6-4-7-24(30)28(22)31/h2-16H,1H3,(H,32,33). The van der Waals surface area contributed by atoms with E-state index >= 15 is 0 Å². The first-order chi connectivity index (χ1) is 17.4. The summed E-state index contributed by atoms with van der Waals surface area (Å²) < 4.78 is 11.2. The molecule has 5 nitrogen and oxygen atoms in total. The van der Waals surface area contributed by atoms with Crippen LogP contribution in [0.2, 0.25) is 10.0 Å². The Hall–Kier alpha value is -4.06. The molecule has 5 aromatic rings. The molecule has 0 aliphatic heterocycles. The largest absolute Gasteiger partial charge is 0.457 e. The van der Waals surface area contributed by atoms with Crippen molar-refractivity contribution in [3.63, 3.8) is 0 Å². The molecule has 5 rings (SSSR count). The zero-order valence-corrected chi connectivity index (χ0v) is 20.6. The number of benzene rings is 3. The van der Waals surface area contributed by atoms with Crippen molar-refractivity contribution in [1.82, 2.24) is 0 Å². The van der Waals surface area contributed by atoms with Crippen molar-refractivity contribution in [3.05, 3.63) is 117 Å². The predicted molar refractivity (Wildman–Crippen MR) is 144 cm³/mol. The molecule has 0 saturated heterocycles. The molecule has 0 atom stereocenters. The van der Waals surface area contributed by atoms with E-state index in [9.17, 15) is 9.59 Å². The molecule has 7 heteroatoms. The first kappa shape index (κ1) is 23.7. The molecule has 1 amide bonds. The van der Waals surface area contributed by atoms with Crippen molar-refractivity contribution in [1.29, 1.82) is 0 Å². The van der Waals surface area contributed by atoms with Gasteiger partial charge in [-0.25, -0.2) is 4.79 Å². The number of nitrogens with one attached hydrogen (secondary N) is 1. The van der Waals surface area contributed by atoms with Crippen LogP contribution < -0.4 is 10.9 Å². The number of rotatable bonds is 5. The molecule has 2 aromatic heterocycles. The van der Waals surface area contributed by atoms with Crippen LogP contribution in [-0.4, -0.2) is 5.91 Å². The minimum absolute atomic E-state index is 0.328. The maximum absolute atomic E-state index is 12.5. The van der Waals surface area contributed by atoms with Crippen molar-refractivity contribution >= 4 is 51.8 Å². The van der Waals surface area contributed by atoms with Gasteiger partial charge in [-0.3, -0.25) is 4.79 Å². The Balaban J connectivity index is 1.31. The lowest BCUT2D eigenvalue weighted by Crippen LogP contribution is -2.08. The Bertz CT molecular complexity index is 1700. The van der Waals surface area contributed by atoms with Crippen molar-refractivity contribution in [2.24, 2.45) is 0 Å². The third-order valence-corrected chi connectivity index (χ3v) is 6.49. The van der Waals surface area contributed by atoms with E-state index in [0.717, 1.165) is 16.5 Å². The molecule has 0 saturated carbocycles. The molecule has 0 aliphatic rings. The number of carbonyl (C=O) groups is 1. The van der Waals surface area contributed by atoms with Crippen molar-refractivity contribution in [2.45, 2.75) is 6.92 Å². The number of para-hydroxylation sites is 1. The topological polar surface area (TPSA) is 72.5 Å². The van der Waals surface area contributed by atoms with E-state index in [0.29, 0.717) is 44.0 Å². The summed E-state index contributed by atoms with van der Waals surface area (Å²) >= 11 is 12.3. The number of amides is 1. The van der Waals surface area contributed by atoms with Crippen LogP contribution in [0.1, 0.15) is 11.3 Å². The second kappa shape index (κ2) is 9.90. The van der Waals surface area contributed by atoms with Crippen molar-refractivity contribution < 1.29 is 13.6 Å². The van der Waals surface area contributed by atoms with E-state index in [1.165, 1.54) is 6.08 Å². The zero-order chi connectivity index (χ0) is 25.2. The van der Waals surface area contributed by atoms with E-state index in [1.54, 1.807) is 54.6 Å². The van der Waals surface area contributed by atoms with Gasteiger partial charge in [-0.05, 0) is 72.7 Å². The van der Waals surface area contributed by atoms with Gasteiger partial charge in [-0.1, -0.05) is 53.5 Å². The second-order valence-electron chi connectivity index (χ2n) is 8.14. The molecular formula is C29H19Cl2NO4. The third kappa shape index (κ3) is 4.85. The molecule has 36 heavy (non-hydrogen) atoms. The smallest absolute Gasteiger partial charge is 0.344 e. The molecule has 0 spiro atoms. The molecule has 0 unspecified atom stereocenters. The second-order valence-corrected chi connectivity index (χ2v) is 8.93. The van der Waals surface area contributed by atoms with Crippen LogP contribution in [0.3, 0.4) is 0 Å².